The third-order valence-corrected chi connectivity index (χ3v) is 4.65. The van der Waals surface area contributed by atoms with Crippen LogP contribution in [0.2, 0.25) is 0 Å². The summed E-state index contributed by atoms with van der Waals surface area (Å²) in [5.41, 5.74) is 7.39. The summed E-state index contributed by atoms with van der Waals surface area (Å²) in [5.74, 6) is 1.88. The molecule has 0 amide bonds. The molecule has 0 saturated carbocycles. The standard InChI is InChI=1S/C15H26N4/c1-11(2)18-7-5-12(9-18)8-13-10-19-6-3-4-14(16)15(19)17-13/h10-12,14H,3-9,16H2,1-2H3. The van der Waals surface area contributed by atoms with Gasteiger partial charge >= 0.3 is 0 Å². The molecule has 2 unspecified atom stereocenters. The van der Waals surface area contributed by atoms with Crippen molar-refractivity contribution in [2.75, 3.05) is 13.1 Å². The first kappa shape index (κ1) is 13.1. The largest absolute Gasteiger partial charge is 0.333 e. The van der Waals surface area contributed by atoms with Gasteiger partial charge in [-0.2, -0.15) is 0 Å². The van der Waals surface area contributed by atoms with Gasteiger partial charge in [0.15, 0.2) is 0 Å². The van der Waals surface area contributed by atoms with Crippen LogP contribution in [0.15, 0.2) is 6.20 Å². The molecule has 0 bridgehead atoms. The molecule has 0 spiro atoms. The molecular formula is C15H26N4. The number of imidazole rings is 1. The highest BCUT2D eigenvalue weighted by atomic mass is 15.2. The number of rotatable bonds is 3. The number of nitrogens with zero attached hydrogens (tertiary/aromatic N) is 3. The second-order valence-electron chi connectivity index (χ2n) is 6.48. The molecule has 2 N–H and O–H groups in total. The van der Waals surface area contributed by atoms with Crippen LogP contribution in [-0.4, -0.2) is 33.6 Å². The third-order valence-electron chi connectivity index (χ3n) is 4.65. The van der Waals surface area contributed by atoms with Crippen molar-refractivity contribution in [1.29, 1.82) is 0 Å². The van der Waals surface area contributed by atoms with Crippen LogP contribution in [0.1, 0.15) is 50.7 Å². The summed E-state index contributed by atoms with van der Waals surface area (Å²) in [5, 5.41) is 0. The number of hydrogen-bond acceptors (Lipinski definition) is 3. The molecule has 2 aliphatic heterocycles. The van der Waals surface area contributed by atoms with Gasteiger partial charge in [-0.25, -0.2) is 4.98 Å². The van der Waals surface area contributed by atoms with Crippen LogP contribution in [0.4, 0.5) is 0 Å². The maximum absolute atomic E-state index is 6.14. The lowest BCUT2D eigenvalue weighted by atomic mass is 10.0. The van der Waals surface area contributed by atoms with E-state index in [4.69, 9.17) is 10.7 Å². The van der Waals surface area contributed by atoms with Crippen LogP contribution >= 0.6 is 0 Å². The van der Waals surface area contributed by atoms with Crippen molar-refractivity contribution < 1.29 is 0 Å². The topological polar surface area (TPSA) is 47.1 Å². The molecule has 1 aromatic heterocycles. The SMILES string of the molecule is CC(C)N1CCC(Cc2cn3c(n2)C(N)CCC3)C1. The zero-order chi connectivity index (χ0) is 13.4. The summed E-state index contributed by atoms with van der Waals surface area (Å²) in [7, 11) is 0. The molecule has 1 saturated heterocycles. The normalized spacial score (nSPS) is 28.0. The molecule has 19 heavy (non-hydrogen) atoms. The molecule has 2 aliphatic rings. The van der Waals surface area contributed by atoms with Gasteiger partial charge in [0, 0.05) is 25.3 Å². The van der Waals surface area contributed by atoms with Crippen LogP contribution in [0.5, 0.6) is 0 Å². The van der Waals surface area contributed by atoms with Crippen LogP contribution in [0.3, 0.4) is 0 Å². The second-order valence-corrected chi connectivity index (χ2v) is 6.48. The lowest BCUT2D eigenvalue weighted by molar-refractivity contribution is 0.265. The van der Waals surface area contributed by atoms with Gasteiger partial charge in [0.25, 0.3) is 0 Å². The van der Waals surface area contributed by atoms with Gasteiger partial charge in [-0.1, -0.05) is 0 Å². The molecule has 2 atom stereocenters. The van der Waals surface area contributed by atoms with Crippen LogP contribution in [-0.2, 0) is 13.0 Å². The van der Waals surface area contributed by atoms with Crippen molar-refractivity contribution in [2.45, 2.75) is 58.2 Å². The van der Waals surface area contributed by atoms with E-state index in [9.17, 15) is 0 Å². The minimum absolute atomic E-state index is 0.151. The number of hydrogen-bond donors (Lipinski definition) is 1. The molecule has 3 heterocycles. The van der Waals surface area contributed by atoms with E-state index in [0.29, 0.717) is 6.04 Å². The lowest BCUT2D eigenvalue weighted by Crippen LogP contribution is -2.28. The van der Waals surface area contributed by atoms with Crippen LogP contribution < -0.4 is 5.73 Å². The first-order valence-electron chi connectivity index (χ1n) is 7.69. The molecule has 4 nitrogen and oxygen atoms in total. The minimum atomic E-state index is 0.151. The van der Waals surface area contributed by atoms with E-state index >= 15 is 0 Å². The highest BCUT2D eigenvalue weighted by Crippen LogP contribution is 2.26. The molecule has 1 fully saturated rings. The number of aromatic nitrogens is 2. The summed E-state index contributed by atoms with van der Waals surface area (Å²) in [4.78, 5) is 7.36. The quantitative estimate of drug-likeness (QED) is 0.905. The Balaban J connectivity index is 1.65. The molecule has 1 aromatic rings. The van der Waals surface area contributed by atoms with Crippen molar-refractivity contribution >= 4 is 0 Å². The van der Waals surface area contributed by atoms with Crippen molar-refractivity contribution in [3.05, 3.63) is 17.7 Å². The van der Waals surface area contributed by atoms with E-state index in [0.717, 1.165) is 31.1 Å². The molecule has 106 valence electrons. The maximum atomic E-state index is 6.14. The zero-order valence-electron chi connectivity index (χ0n) is 12.2. The van der Waals surface area contributed by atoms with E-state index in [1.54, 1.807) is 0 Å². The van der Waals surface area contributed by atoms with Gasteiger partial charge in [0.2, 0.25) is 0 Å². The lowest BCUT2D eigenvalue weighted by Gasteiger charge is -2.19. The van der Waals surface area contributed by atoms with Crippen molar-refractivity contribution in [3.63, 3.8) is 0 Å². The second kappa shape index (κ2) is 5.25. The Morgan fingerprint density at radius 2 is 2.21 bits per heavy atom. The molecule has 0 aromatic carbocycles. The zero-order valence-corrected chi connectivity index (χ0v) is 12.2. The Morgan fingerprint density at radius 1 is 1.37 bits per heavy atom. The van der Waals surface area contributed by atoms with Crippen LogP contribution in [0, 0.1) is 5.92 Å². The fourth-order valence-electron chi connectivity index (χ4n) is 3.46. The Hall–Kier alpha value is -0.870. The first-order valence-corrected chi connectivity index (χ1v) is 7.69. The van der Waals surface area contributed by atoms with E-state index in [1.807, 2.05) is 0 Å². The van der Waals surface area contributed by atoms with Crippen molar-refractivity contribution in [3.8, 4) is 0 Å². The Bertz CT molecular complexity index is 437. The van der Waals surface area contributed by atoms with Gasteiger partial charge in [0.05, 0.1) is 11.7 Å². The number of nitrogens with two attached hydrogens (primary N) is 1. The smallest absolute Gasteiger partial charge is 0.125 e. The van der Waals surface area contributed by atoms with Gasteiger partial charge in [0.1, 0.15) is 5.82 Å². The number of aryl methyl sites for hydroxylation is 1. The Kier molecular flexibility index (Phi) is 3.63. The number of fused-ring (bicyclic) bond motifs is 1. The Morgan fingerprint density at radius 3 is 2.89 bits per heavy atom. The molecular weight excluding hydrogens is 236 g/mol. The minimum Gasteiger partial charge on any atom is -0.333 e. The van der Waals surface area contributed by atoms with Crippen LogP contribution in [0.25, 0.3) is 0 Å². The maximum Gasteiger partial charge on any atom is 0.125 e. The van der Waals surface area contributed by atoms with E-state index in [2.05, 4.69) is 29.5 Å². The van der Waals surface area contributed by atoms with Gasteiger partial charge < -0.3 is 15.2 Å². The van der Waals surface area contributed by atoms with Gasteiger partial charge in [-0.15, -0.1) is 0 Å². The monoisotopic (exact) mass is 262 g/mol. The predicted molar refractivity (Wildman–Crippen MR) is 76.9 cm³/mol. The fourth-order valence-corrected chi connectivity index (χ4v) is 3.46. The highest BCUT2D eigenvalue weighted by molar-refractivity contribution is 5.10. The summed E-state index contributed by atoms with van der Waals surface area (Å²) < 4.78 is 2.28. The van der Waals surface area contributed by atoms with Crippen molar-refractivity contribution in [2.24, 2.45) is 11.7 Å². The predicted octanol–water partition coefficient (Wildman–Crippen LogP) is 1.95. The van der Waals surface area contributed by atoms with Gasteiger partial charge in [-0.3, -0.25) is 0 Å². The third kappa shape index (κ3) is 2.70. The van der Waals surface area contributed by atoms with E-state index < -0.39 is 0 Å². The highest BCUT2D eigenvalue weighted by Gasteiger charge is 2.26. The van der Waals surface area contributed by atoms with E-state index in [-0.39, 0.29) is 6.04 Å². The van der Waals surface area contributed by atoms with Gasteiger partial charge in [-0.05, 0) is 52.0 Å². The Labute approximate surface area is 116 Å². The summed E-state index contributed by atoms with van der Waals surface area (Å²) in [6, 6.07) is 0.826. The average Bonchev–Trinajstić information content (AvgIpc) is 2.96. The molecule has 0 radical (unpaired) electrons. The summed E-state index contributed by atoms with van der Waals surface area (Å²) in [6.45, 7) is 8.15. The molecule has 4 heteroatoms. The molecule has 3 rings (SSSR count). The molecule has 0 aliphatic carbocycles. The fraction of sp³-hybridized carbons (Fsp3) is 0.800. The van der Waals surface area contributed by atoms with Crippen molar-refractivity contribution in [1.82, 2.24) is 14.5 Å². The summed E-state index contributed by atoms with van der Waals surface area (Å²) >= 11 is 0. The number of likely N-dealkylation sites (tertiary alicyclic amines) is 1. The first-order chi connectivity index (χ1) is 9.13. The summed E-state index contributed by atoms with van der Waals surface area (Å²) in [6.07, 6.45) is 6.95. The average molecular weight is 262 g/mol. The van der Waals surface area contributed by atoms with E-state index in [1.165, 1.54) is 31.6 Å².